The lowest BCUT2D eigenvalue weighted by atomic mass is 9.81. The molecule has 3 rings (SSSR count). The van der Waals surface area contributed by atoms with Crippen molar-refractivity contribution in [1.29, 1.82) is 0 Å². The van der Waals surface area contributed by atoms with Crippen LogP contribution >= 0.6 is 0 Å². The molecule has 1 fully saturated rings. The molecule has 4 heteroatoms. The number of halogens is 1. The van der Waals surface area contributed by atoms with Crippen LogP contribution in [0.3, 0.4) is 0 Å². The van der Waals surface area contributed by atoms with E-state index >= 15 is 0 Å². The maximum atomic E-state index is 13.3. The van der Waals surface area contributed by atoms with E-state index in [1.54, 1.807) is 6.07 Å². The quantitative estimate of drug-likeness (QED) is 0.858. The Hall–Kier alpha value is -1.13. The number of rotatable bonds is 1. The molecule has 1 aromatic rings. The number of piperidine rings is 1. The zero-order chi connectivity index (χ0) is 14.3. The van der Waals surface area contributed by atoms with E-state index in [0.29, 0.717) is 23.8 Å². The molecule has 2 aliphatic heterocycles. The lowest BCUT2D eigenvalue weighted by molar-refractivity contribution is -0.0581. The number of hydrogen-bond donors (Lipinski definition) is 1. The smallest absolute Gasteiger partial charge is 0.126 e. The van der Waals surface area contributed by atoms with Crippen molar-refractivity contribution < 1.29 is 14.2 Å². The molecule has 0 amide bonds. The molecule has 1 aromatic carbocycles. The zero-order valence-corrected chi connectivity index (χ0v) is 12.1. The van der Waals surface area contributed by atoms with Gasteiger partial charge in [-0.15, -0.1) is 0 Å². The standard InChI is InChI=1S/C16H22FNO2/c1-11(2)18-7-5-16(6-8-18)10-14(19)13-9-12(17)3-4-15(13)20-16/h3-4,9,11,14,19H,5-8,10H2,1-2H3/t14-/m1/s1. The van der Waals surface area contributed by atoms with Crippen LogP contribution in [0.15, 0.2) is 18.2 Å². The molecular weight excluding hydrogens is 257 g/mol. The Kier molecular flexibility index (Phi) is 3.46. The number of fused-ring (bicyclic) bond motifs is 1. The van der Waals surface area contributed by atoms with Gasteiger partial charge in [-0.25, -0.2) is 4.39 Å². The summed E-state index contributed by atoms with van der Waals surface area (Å²) in [7, 11) is 0. The summed E-state index contributed by atoms with van der Waals surface area (Å²) in [6, 6.07) is 4.97. The van der Waals surface area contributed by atoms with Crippen molar-refractivity contribution >= 4 is 0 Å². The minimum atomic E-state index is -0.625. The predicted molar refractivity (Wildman–Crippen MR) is 75.3 cm³/mol. The molecule has 0 bridgehead atoms. The lowest BCUT2D eigenvalue weighted by Crippen LogP contribution is -2.51. The molecule has 3 nitrogen and oxygen atoms in total. The fourth-order valence-electron chi connectivity index (χ4n) is 3.36. The summed E-state index contributed by atoms with van der Waals surface area (Å²) in [4.78, 5) is 2.43. The summed E-state index contributed by atoms with van der Waals surface area (Å²) in [6.07, 6.45) is 1.77. The van der Waals surface area contributed by atoms with Gasteiger partial charge in [-0.3, -0.25) is 0 Å². The Morgan fingerprint density at radius 1 is 1.35 bits per heavy atom. The van der Waals surface area contributed by atoms with Gasteiger partial charge < -0.3 is 14.7 Å². The summed E-state index contributed by atoms with van der Waals surface area (Å²) >= 11 is 0. The fraction of sp³-hybridized carbons (Fsp3) is 0.625. The van der Waals surface area contributed by atoms with E-state index in [0.717, 1.165) is 25.9 Å². The van der Waals surface area contributed by atoms with Crippen molar-refractivity contribution in [3.05, 3.63) is 29.6 Å². The summed E-state index contributed by atoms with van der Waals surface area (Å²) in [5.41, 5.74) is 0.303. The van der Waals surface area contributed by atoms with E-state index in [9.17, 15) is 9.50 Å². The first-order valence-corrected chi connectivity index (χ1v) is 7.40. The van der Waals surface area contributed by atoms with E-state index in [-0.39, 0.29) is 11.4 Å². The van der Waals surface area contributed by atoms with Crippen molar-refractivity contribution in [3.63, 3.8) is 0 Å². The van der Waals surface area contributed by atoms with Gasteiger partial charge >= 0.3 is 0 Å². The van der Waals surface area contributed by atoms with Gasteiger partial charge in [0.05, 0.1) is 6.10 Å². The highest BCUT2D eigenvalue weighted by Crippen LogP contribution is 2.44. The Morgan fingerprint density at radius 2 is 2.05 bits per heavy atom. The van der Waals surface area contributed by atoms with E-state index in [2.05, 4.69) is 18.7 Å². The highest BCUT2D eigenvalue weighted by Gasteiger charge is 2.43. The molecule has 0 aliphatic carbocycles. The number of likely N-dealkylation sites (tertiary alicyclic amines) is 1. The molecule has 1 spiro atoms. The number of hydrogen-bond acceptors (Lipinski definition) is 3. The van der Waals surface area contributed by atoms with Gasteiger partial charge in [0.15, 0.2) is 0 Å². The van der Waals surface area contributed by atoms with E-state index in [1.165, 1.54) is 12.1 Å². The van der Waals surface area contributed by atoms with Gasteiger partial charge in [-0.2, -0.15) is 0 Å². The number of aliphatic hydroxyl groups is 1. The van der Waals surface area contributed by atoms with E-state index < -0.39 is 6.10 Å². The summed E-state index contributed by atoms with van der Waals surface area (Å²) in [5.74, 6) is 0.320. The Morgan fingerprint density at radius 3 is 2.70 bits per heavy atom. The SMILES string of the molecule is CC(C)N1CCC2(CC1)C[C@@H](O)c1cc(F)ccc1O2. The van der Waals surface area contributed by atoms with Crippen LogP contribution in [0.2, 0.25) is 0 Å². The first kappa shape index (κ1) is 13.8. The van der Waals surface area contributed by atoms with Crippen molar-refractivity contribution in [2.24, 2.45) is 0 Å². The van der Waals surface area contributed by atoms with Crippen molar-refractivity contribution in [2.75, 3.05) is 13.1 Å². The average molecular weight is 279 g/mol. The number of ether oxygens (including phenoxy) is 1. The van der Waals surface area contributed by atoms with Gasteiger partial charge in [0.2, 0.25) is 0 Å². The van der Waals surface area contributed by atoms with Crippen LogP contribution in [0.1, 0.15) is 44.8 Å². The number of aliphatic hydroxyl groups excluding tert-OH is 1. The van der Waals surface area contributed by atoms with Crippen molar-refractivity contribution in [1.82, 2.24) is 4.90 Å². The molecule has 2 aliphatic rings. The van der Waals surface area contributed by atoms with E-state index in [4.69, 9.17) is 4.74 Å². The molecule has 1 N–H and O–H groups in total. The van der Waals surface area contributed by atoms with Crippen LogP contribution in [0.5, 0.6) is 5.75 Å². The van der Waals surface area contributed by atoms with Crippen LogP contribution in [0, 0.1) is 5.82 Å². The van der Waals surface area contributed by atoms with Gasteiger partial charge in [0, 0.05) is 31.1 Å². The Bertz CT molecular complexity index is 495. The van der Waals surface area contributed by atoms with Gasteiger partial charge in [0.1, 0.15) is 17.2 Å². The molecule has 20 heavy (non-hydrogen) atoms. The molecule has 1 atom stereocenters. The summed E-state index contributed by atoms with van der Waals surface area (Å²) in [6.45, 7) is 6.38. The second-order valence-corrected chi connectivity index (χ2v) is 6.32. The average Bonchev–Trinajstić information content (AvgIpc) is 2.40. The monoisotopic (exact) mass is 279 g/mol. The molecule has 0 aromatic heterocycles. The highest BCUT2D eigenvalue weighted by atomic mass is 19.1. The Balaban J connectivity index is 1.80. The topological polar surface area (TPSA) is 32.7 Å². The van der Waals surface area contributed by atoms with Crippen LogP contribution < -0.4 is 4.74 Å². The van der Waals surface area contributed by atoms with Gasteiger partial charge in [-0.05, 0) is 44.9 Å². The normalized spacial score (nSPS) is 25.6. The van der Waals surface area contributed by atoms with Crippen molar-refractivity contribution in [2.45, 2.75) is 50.9 Å². The summed E-state index contributed by atoms with van der Waals surface area (Å²) < 4.78 is 19.4. The number of benzene rings is 1. The van der Waals surface area contributed by atoms with Crippen LogP contribution in [-0.4, -0.2) is 34.7 Å². The molecule has 0 saturated carbocycles. The zero-order valence-electron chi connectivity index (χ0n) is 12.1. The molecule has 1 saturated heterocycles. The first-order chi connectivity index (χ1) is 9.49. The third-order valence-corrected chi connectivity index (χ3v) is 4.66. The second kappa shape index (κ2) is 5.01. The Labute approximate surface area is 119 Å². The lowest BCUT2D eigenvalue weighted by Gasteiger charge is -2.46. The molecule has 110 valence electrons. The fourth-order valence-corrected chi connectivity index (χ4v) is 3.36. The minimum absolute atomic E-state index is 0.282. The molecule has 0 unspecified atom stereocenters. The third-order valence-electron chi connectivity index (χ3n) is 4.66. The highest BCUT2D eigenvalue weighted by molar-refractivity contribution is 5.38. The first-order valence-electron chi connectivity index (χ1n) is 7.40. The maximum absolute atomic E-state index is 13.3. The number of nitrogens with zero attached hydrogens (tertiary/aromatic N) is 1. The second-order valence-electron chi connectivity index (χ2n) is 6.32. The minimum Gasteiger partial charge on any atom is -0.487 e. The van der Waals surface area contributed by atoms with Crippen LogP contribution in [0.25, 0.3) is 0 Å². The molecule has 0 radical (unpaired) electrons. The maximum Gasteiger partial charge on any atom is 0.126 e. The molecule has 2 heterocycles. The summed E-state index contributed by atoms with van der Waals surface area (Å²) in [5, 5.41) is 10.3. The van der Waals surface area contributed by atoms with E-state index in [1.807, 2.05) is 0 Å². The largest absolute Gasteiger partial charge is 0.487 e. The molecular formula is C16H22FNO2. The third kappa shape index (κ3) is 2.42. The predicted octanol–water partition coefficient (Wildman–Crippen LogP) is 2.88. The van der Waals surface area contributed by atoms with Crippen LogP contribution in [0.4, 0.5) is 4.39 Å². The van der Waals surface area contributed by atoms with Crippen LogP contribution in [-0.2, 0) is 0 Å². The van der Waals surface area contributed by atoms with Gasteiger partial charge in [0.25, 0.3) is 0 Å². The van der Waals surface area contributed by atoms with Gasteiger partial charge in [-0.1, -0.05) is 0 Å². The van der Waals surface area contributed by atoms with Crippen molar-refractivity contribution in [3.8, 4) is 5.75 Å².